The monoisotopic (exact) mass is 292 g/mol. The summed E-state index contributed by atoms with van der Waals surface area (Å²) in [4.78, 5) is 13.0. The highest BCUT2D eigenvalue weighted by Crippen LogP contribution is 2.24. The van der Waals surface area contributed by atoms with E-state index in [0.717, 1.165) is 35.5 Å². The molecular formula is C13H13ClN4S. The van der Waals surface area contributed by atoms with Crippen LogP contribution in [-0.4, -0.2) is 19.5 Å². The van der Waals surface area contributed by atoms with Gasteiger partial charge in [0.15, 0.2) is 0 Å². The van der Waals surface area contributed by atoms with Crippen LogP contribution >= 0.6 is 22.9 Å². The molecule has 0 aromatic carbocycles. The second-order valence-corrected chi connectivity index (χ2v) is 5.71. The molecule has 0 aliphatic rings. The van der Waals surface area contributed by atoms with Crippen LogP contribution < -0.4 is 0 Å². The van der Waals surface area contributed by atoms with Crippen LogP contribution in [0.2, 0.25) is 0 Å². The maximum absolute atomic E-state index is 6.22. The molecule has 0 N–H and O–H groups in total. The van der Waals surface area contributed by atoms with Crippen molar-refractivity contribution in [3.8, 4) is 0 Å². The second-order valence-electron chi connectivity index (χ2n) is 4.33. The summed E-state index contributed by atoms with van der Waals surface area (Å²) in [5, 5.41) is 1.95. The Morgan fingerprint density at radius 3 is 3.11 bits per heavy atom. The average molecular weight is 293 g/mol. The highest BCUT2D eigenvalue weighted by molar-refractivity contribution is 7.07. The van der Waals surface area contributed by atoms with Crippen molar-refractivity contribution in [3.05, 3.63) is 40.9 Å². The number of halogens is 1. The molecule has 3 rings (SSSR count). The van der Waals surface area contributed by atoms with Gasteiger partial charge in [-0.2, -0.15) is 0 Å². The first-order valence-corrected chi connectivity index (χ1v) is 7.45. The minimum absolute atomic E-state index is 0.122. The molecule has 0 radical (unpaired) electrons. The van der Waals surface area contributed by atoms with Crippen molar-refractivity contribution in [1.29, 1.82) is 0 Å². The molecule has 4 nitrogen and oxygen atoms in total. The number of alkyl halides is 1. The molecular weight excluding hydrogens is 280 g/mol. The highest BCUT2D eigenvalue weighted by atomic mass is 35.5. The summed E-state index contributed by atoms with van der Waals surface area (Å²) in [6, 6.07) is 1.98. The Labute approximate surface area is 120 Å². The van der Waals surface area contributed by atoms with Crippen molar-refractivity contribution in [2.45, 2.75) is 25.3 Å². The number of hydrogen-bond donors (Lipinski definition) is 0. The molecule has 0 aliphatic heterocycles. The molecule has 1 atom stereocenters. The molecule has 19 heavy (non-hydrogen) atoms. The Hall–Kier alpha value is -1.46. The van der Waals surface area contributed by atoms with Crippen LogP contribution in [0.1, 0.15) is 23.8 Å². The molecule has 0 spiro atoms. The summed E-state index contributed by atoms with van der Waals surface area (Å²) in [6.45, 7) is 2.77. The minimum atomic E-state index is -0.122. The third kappa shape index (κ3) is 2.48. The molecule has 0 fully saturated rings. The number of aryl methyl sites for hydroxylation is 2. The lowest BCUT2D eigenvalue weighted by Crippen LogP contribution is -2.07. The number of fused-ring (bicyclic) bond motifs is 1. The Morgan fingerprint density at radius 1 is 1.47 bits per heavy atom. The van der Waals surface area contributed by atoms with Gasteiger partial charge in [-0.25, -0.2) is 9.97 Å². The molecule has 0 aliphatic carbocycles. The zero-order valence-corrected chi connectivity index (χ0v) is 12.0. The van der Waals surface area contributed by atoms with Crippen LogP contribution in [0, 0.1) is 0 Å². The fraction of sp³-hybridized carbons (Fsp3) is 0.308. The number of nitrogens with zero attached hydrogens (tertiary/aromatic N) is 4. The number of thiazole rings is 1. The summed E-state index contributed by atoms with van der Waals surface area (Å²) >= 11 is 7.84. The smallest absolute Gasteiger partial charge is 0.127 e. The van der Waals surface area contributed by atoms with Gasteiger partial charge in [0.2, 0.25) is 0 Å². The topological polar surface area (TPSA) is 43.6 Å². The maximum atomic E-state index is 6.22. The quantitative estimate of drug-likeness (QED) is 0.692. The van der Waals surface area contributed by atoms with E-state index in [1.807, 2.05) is 18.5 Å². The molecule has 3 heterocycles. The third-order valence-corrected chi connectivity index (χ3v) is 3.84. The summed E-state index contributed by atoms with van der Waals surface area (Å²) in [6.07, 6.45) is 4.44. The number of hydrogen-bond acceptors (Lipinski definition) is 4. The predicted octanol–water partition coefficient (Wildman–Crippen LogP) is 3.43. The van der Waals surface area contributed by atoms with Crippen molar-refractivity contribution in [1.82, 2.24) is 19.5 Å². The first-order chi connectivity index (χ1) is 9.25. The van der Waals surface area contributed by atoms with E-state index in [0.29, 0.717) is 0 Å². The Bertz CT molecular complexity index is 675. The van der Waals surface area contributed by atoms with Crippen molar-refractivity contribution in [3.63, 3.8) is 0 Å². The van der Waals surface area contributed by atoms with Crippen LogP contribution in [0.25, 0.3) is 11.0 Å². The van der Waals surface area contributed by atoms with Gasteiger partial charge in [-0.3, -0.25) is 4.98 Å². The fourth-order valence-corrected chi connectivity index (χ4v) is 2.89. The zero-order chi connectivity index (χ0) is 13.2. The van der Waals surface area contributed by atoms with Crippen LogP contribution in [0.4, 0.5) is 0 Å². The van der Waals surface area contributed by atoms with E-state index >= 15 is 0 Å². The van der Waals surface area contributed by atoms with Crippen molar-refractivity contribution in [2.24, 2.45) is 0 Å². The van der Waals surface area contributed by atoms with Crippen LogP contribution in [0.15, 0.2) is 29.4 Å². The van der Waals surface area contributed by atoms with Gasteiger partial charge in [0.1, 0.15) is 11.3 Å². The van der Waals surface area contributed by atoms with E-state index in [2.05, 4.69) is 24.9 Å². The number of rotatable bonds is 4. The molecule has 98 valence electrons. The van der Waals surface area contributed by atoms with Gasteiger partial charge in [0, 0.05) is 24.5 Å². The largest absolute Gasteiger partial charge is 0.326 e. The molecule has 0 saturated carbocycles. The van der Waals surface area contributed by atoms with E-state index in [-0.39, 0.29) is 5.38 Å². The maximum Gasteiger partial charge on any atom is 0.127 e. The highest BCUT2D eigenvalue weighted by Gasteiger charge is 2.14. The number of aromatic nitrogens is 4. The van der Waals surface area contributed by atoms with Gasteiger partial charge in [0.25, 0.3) is 0 Å². The summed E-state index contributed by atoms with van der Waals surface area (Å²) in [5.74, 6) is 0.889. The third-order valence-electron chi connectivity index (χ3n) is 3.01. The predicted molar refractivity (Wildman–Crippen MR) is 77.6 cm³/mol. The van der Waals surface area contributed by atoms with E-state index in [1.165, 1.54) is 0 Å². The molecule has 6 heteroatoms. The molecule has 0 saturated heterocycles. The summed E-state index contributed by atoms with van der Waals surface area (Å²) in [5.41, 5.74) is 4.93. The van der Waals surface area contributed by atoms with Gasteiger partial charge >= 0.3 is 0 Å². The van der Waals surface area contributed by atoms with E-state index in [4.69, 9.17) is 11.6 Å². The standard InChI is InChI=1S/C13H13ClN4S/c1-9(14)13-17-11-6-15-4-2-12(11)18(13)5-3-10-7-19-8-16-10/h2,4,6-9H,3,5H2,1H3. The Morgan fingerprint density at radius 2 is 2.37 bits per heavy atom. The molecule has 0 bridgehead atoms. The van der Waals surface area contributed by atoms with Crippen LogP contribution in [-0.2, 0) is 13.0 Å². The van der Waals surface area contributed by atoms with E-state index < -0.39 is 0 Å². The fourth-order valence-electron chi connectivity index (χ4n) is 2.13. The Balaban J connectivity index is 1.97. The molecule has 3 aromatic heterocycles. The minimum Gasteiger partial charge on any atom is -0.326 e. The second kappa shape index (κ2) is 5.27. The average Bonchev–Trinajstić information content (AvgIpc) is 3.03. The lowest BCUT2D eigenvalue weighted by Gasteiger charge is -2.09. The van der Waals surface area contributed by atoms with Crippen LogP contribution in [0.5, 0.6) is 0 Å². The van der Waals surface area contributed by atoms with Crippen molar-refractivity contribution < 1.29 is 0 Å². The van der Waals surface area contributed by atoms with Gasteiger partial charge in [0.05, 0.1) is 28.3 Å². The van der Waals surface area contributed by atoms with E-state index in [9.17, 15) is 0 Å². The first kappa shape index (κ1) is 12.6. The first-order valence-electron chi connectivity index (χ1n) is 6.07. The summed E-state index contributed by atoms with van der Waals surface area (Å²) in [7, 11) is 0. The van der Waals surface area contributed by atoms with Crippen molar-refractivity contribution in [2.75, 3.05) is 0 Å². The van der Waals surface area contributed by atoms with Gasteiger partial charge < -0.3 is 4.57 Å². The zero-order valence-electron chi connectivity index (χ0n) is 10.5. The van der Waals surface area contributed by atoms with Gasteiger partial charge in [-0.05, 0) is 13.0 Å². The molecule has 0 amide bonds. The molecule has 1 unspecified atom stereocenters. The van der Waals surface area contributed by atoms with Crippen molar-refractivity contribution >= 4 is 34.0 Å². The van der Waals surface area contributed by atoms with Gasteiger partial charge in [-0.1, -0.05) is 0 Å². The number of imidazole rings is 1. The SMILES string of the molecule is CC(Cl)c1nc2cnccc2n1CCc1cscn1. The lowest BCUT2D eigenvalue weighted by atomic mass is 10.3. The normalized spacial score (nSPS) is 12.9. The summed E-state index contributed by atoms with van der Waals surface area (Å²) < 4.78 is 2.16. The van der Waals surface area contributed by atoms with E-state index in [1.54, 1.807) is 23.7 Å². The number of pyridine rings is 1. The van der Waals surface area contributed by atoms with Crippen LogP contribution in [0.3, 0.4) is 0 Å². The lowest BCUT2D eigenvalue weighted by molar-refractivity contribution is 0.662. The molecule has 3 aromatic rings. The van der Waals surface area contributed by atoms with Gasteiger partial charge in [-0.15, -0.1) is 22.9 Å². The Kier molecular flexibility index (Phi) is 3.48.